The van der Waals surface area contributed by atoms with Crippen LogP contribution in [0.4, 0.5) is 4.79 Å². The van der Waals surface area contributed by atoms with Gasteiger partial charge in [0.15, 0.2) is 12.6 Å². The van der Waals surface area contributed by atoms with Crippen molar-refractivity contribution in [3.8, 4) is 11.5 Å². The molecule has 32 heavy (non-hydrogen) atoms. The molecule has 2 saturated heterocycles. The highest BCUT2D eigenvalue weighted by Gasteiger charge is 2.15. The lowest BCUT2D eigenvalue weighted by Crippen LogP contribution is -2.22. The van der Waals surface area contributed by atoms with Crippen molar-refractivity contribution in [1.82, 2.24) is 0 Å². The minimum atomic E-state index is -0.788. The van der Waals surface area contributed by atoms with Gasteiger partial charge in [0.05, 0.1) is 13.2 Å². The molecule has 0 spiro atoms. The van der Waals surface area contributed by atoms with E-state index in [9.17, 15) is 4.79 Å². The lowest BCUT2D eigenvalue weighted by Gasteiger charge is -2.22. The monoisotopic (exact) mass is 442 g/mol. The first-order valence-corrected chi connectivity index (χ1v) is 11.3. The van der Waals surface area contributed by atoms with E-state index in [0.717, 1.165) is 62.9 Å². The van der Waals surface area contributed by atoms with Crippen molar-refractivity contribution < 1.29 is 33.2 Å². The van der Waals surface area contributed by atoms with E-state index in [-0.39, 0.29) is 12.6 Å². The van der Waals surface area contributed by atoms with Crippen LogP contribution in [0.1, 0.15) is 49.7 Å². The number of carbonyl (C=O) groups is 1. The molecule has 0 N–H and O–H groups in total. The van der Waals surface area contributed by atoms with Gasteiger partial charge >= 0.3 is 6.16 Å². The van der Waals surface area contributed by atoms with Gasteiger partial charge in [0.25, 0.3) is 0 Å². The van der Waals surface area contributed by atoms with E-state index in [4.69, 9.17) is 28.4 Å². The number of benzene rings is 2. The first-order valence-electron chi connectivity index (χ1n) is 11.3. The molecule has 4 rings (SSSR count). The molecule has 172 valence electrons. The normalized spacial score (nSPS) is 21.1. The molecule has 2 unspecified atom stereocenters. The van der Waals surface area contributed by atoms with Crippen LogP contribution in [0.5, 0.6) is 11.5 Å². The summed E-state index contributed by atoms with van der Waals surface area (Å²) in [5.41, 5.74) is 1.97. The predicted octanol–water partition coefficient (Wildman–Crippen LogP) is 5.35. The zero-order valence-electron chi connectivity index (χ0n) is 18.2. The van der Waals surface area contributed by atoms with Crippen LogP contribution in [0.15, 0.2) is 48.5 Å². The van der Waals surface area contributed by atoms with Crippen molar-refractivity contribution in [2.75, 3.05) is 13.2 Å². The fourth-order valence-corrected chi connectivity index (χ4v) is 3.58. The molecule has 2 atom stereocenters. The van der Waals surface area contributed by atoms with Crippen LogP contribution >= 0.6 is 0 Å². The van der Waals surface area contributed by atoms with E-state index in [1.165, 1.54) is 0 Å². The van der Waals surface area contributed by atoms with Crippen molar-refractivity contribution in [1.29, 1.82) is 0 Å². The summed E-state index contributed by atoms with van der Waals surface area (Å²) in [4.78, 5) is 12.1. The molecular formula is C25H30O7. The van der Waals surface area contributed by atoms with E-state index >= 15 is 0 Å². The molecule has 2 fully saturated rings. The summed E-state index contributed by atoms with van der Waals surface area (Å²) < 4.78 is 33.2. The highest BCUT2D eigenvalue weighted by molar-refractivity contribution is 5.67. The Hall–Kier alpha value is -2.45. The van der Waals surface area contributed by atoms with Gasteiger partial charge in [-0.05, 0) is 73.9 Å². The van der Waals surface area contributed by atoms with Crippen LogP contribution in [-0.4, -0.2) is 31.9 Å². The Morgan fingerprint density at radius 1 is 0.688 bits per heavy atom. The molecule has 7 nitrogen and oxygen atoms in total. The smallest absolute Gasteiger partial charge is 0.395 e. The molecule has 0 radical (unpaired) electrons. The lowest BCUT2D eigenvalue weighted by molar-refractivity contribution is -0.169. The molecule has 2 aliphatic heterocycles. The average Bonchev–Trinajstić information content (AvgIpc) is 2.84. The van der Waals surface area contributed by atoms with Gasteiger partial charge in [-0.15, -0.1) is 0 Å². The third-order valence-corrected chi connectivity index (χ3v) is 5.40. The van der Waals surface area contributed by atoms with E-state index in [1.54, 1.807) is 24.3 Å². The SMILES string of the molecule is O=C(Oc1ccc(COC2CCCCO2)cc1)Oc1ccc(COC2CCCCO2)cc1. The van der Waals surface area contributed by atoms with Crippen molar-refractivity contribution in [2.45, 2.75) is 64.3 Å². The molecular weight excluding hydrogens is 412 g/mol. The second kappa shape index (κ2) is 12.0. The van der Waals surface area contributed by atoms with Gasteiger partial charge in [-0.25, -0.2) is 4.79 Å². The van der Waals surface area contributed by atoms with Crippen LogP contribution in [0.3, 0.4) is 0 Å². The van der Waals surface area contributed by atoms with Gasteiger partial charge < -0.3 is 28.4 Å². The number of carbonyl (C=O) groups excluding carboxylic acids is 1. The van der Waals surface area contributed by atoms with Gasteiger partial charge in [0, 0.05) is 13.2 Å². The average molecular weight is 443 g/mol. The molecule has 2 heterocycles. The number of hydrogen-bond donors (Lipinski definition) is 0. The molecule has 0 aromatic heterocycles. The molecule has 0 aliphatic carbocycles. The van der Waals surface area contributed by atoms with Crippen molar-refractivity contribution in [2.24, 2.45) is 0 Å². The Balaban J connectivity index is 1.18. The lowest BCUT2D eigenvalue weighted by atomic mass is 10.2. The predicted molar refractivity (Wildman–Crippen MR) is 116 cm³/mol. The summed E-state index contributed by atoms with van der Waals surface area (Å²) in [5.74, 6) is 0.815. The van der Waals surface area contributed by atoms with E-state index in [1.807, 2.05) is 24.3 Å². The first-order chi connectivity index (χ1) is 15.7. The molecule has 2 aliphatic rings. The Labute approximate surface area is 188 Å². The van der Waals surface area contributed by atoms with E-state index in [0.29, 0.717) is 24.7 Å². The summed E-state index contributed by atoms with van der Waals surface area (Å²) in [6.07, 6.45) is 5.25. The molecule has 2 aromatic rings. The maximum Gasteiger partial charge on any atom is 0.519 e. The minimum absolute atomic E-state index is 0.131. The van der Waals surface area contributed by atoms with Gasteiger partial charge in [-0.3, -0.25) is 0 Å². The Morgan fingerprint density at radius 3 is 1.50 bits per heavy atom. The summed E-state index contributed by atoms with van der Waals surface area (Å²) >= 11 is 0. The Kier molecular flexibility index (Phi) is 8.50. The fraction of sp³-hybridized carbons (Fsp3) is 0.480. The quantitative estimate of drug-likeness (QED) is 0.403. The summed E-state index contributed by atoms with van der Waals surface area (Å²) in [6.45, 7) is 2.42. The van der Waals surface area contributed by atoms with Crippen LogP contribution in [0.2, 0.25) is 0 Å². The summed E-state index contributed by atoms with van der Waals surface area (Å²) in [5, 5.41) is 0. The standard InChI is InChI=1S/C25H30O7/c26-25(31-21-11-7-19(8-12-21)17-29-23-5-1-3-15-27-23)32-22-13-9-20(10-14-22)18-30-24-6-2-4-16-28-24/h7-14,23-24H,1-6,15-18H2. The third kappa shape index (κ3) is 7.31. The number of ether oxygens (including phenoxy) is 6. The maximum absolute atomic E-state index is 12.1. The largest absolute Gasteiger partial charge is 0.519 e. The Bertz CT molecular complexity index is 753. The molecule has 0 bridgehead atoms. The summed E-state index contributed by atoms with van der Waals surface area (Å²) in [6, 6.07) is 14.3. The van der Waals surface area contributed by atoms with Gasteiger partial charge in [0.2, 0.25) is 0 Å². The third-order valence-electron chi connectivity index (χ3n) is 5.40. The van der Waals surface area contributed by atoms with Crippen LogP contribution in [-0.2, 0) is 32.2 Å². The van der Waals surface area contributed by atoms with E-state index < -0.39 is 6.16 Å². The topological polar surface area (TPSA) is 72.5 Å². The van der Waals surface area contributed by atoms with Gasteiger partial charge in [-0.1, -0.05) is 24.3 Å². The van der Waals surface area contributed by atoms with Crippen LogP contribution in [0.25, 0.3) is 0 Å². The van der Waals surface area contributed by atoms with Crippen LogP contribution in [0, 0.1) is 0 Å². The maximum atomic E-state index is 12.1. The molecule has 0 amide bonds. The molecule has 7 heteroatoms. The fourth-order valence-electron chi connectivity index (χ4n) is 3.58. The minimum Gasteiger partial charge on any atom is -0.395 e. The van der Waals surface area contributed by atoms with Gasteiger partial charge in [0.1, 0.15) is 11.5 Å². The van der Waals surface area contributed by atoms with Crippen LogP contribution < -0.4 is 9.47 Å². The number of rotatable bonds is 8. The number of hydrogen-bond acceptors (Lipinski definition) is 7. The Morgan fingerprint density at radius 2 is 1.12 bits per heavy atom. The highest BCUT2D eigenvalue weighted by atomic mass is 16.7. The zero-order valence-corrected chi connectivity index (χ0v) is 18.2. The highest BCUT2D eigenvalue weighted by Crippen LogP contribution is 2.20. The molecule has 2 aromatic carbocycles. The molecule has 0 saturated carbocycles. The van der Waals surface area contributed by atoms with E-state index in [2.05, 4.69) is 0 Å². The van der Waals surface area contributed by atoms with Crippen molar-refractivity contribution in [3.05, 3.63) is 59.7 Å². The zero-order chi connectivity index (χ0) is 22.0. The van der Waals surface area contributed by atoms with Gasteiger partial charge in [-0.2, -0.15) is 0 Å². The summed E-state index contributed by atoms with van der Waals surface area (Å²) in [7, 11) is 0. The second-order valence-corrected chi connectivity index (χ2v) is 7.96. The first kappa shape index (κ1) is 22.7. The second-order valence-electron chi connectivity index (χ2n) is 7.96. The van der Waals surface area contributed by atoms with Crippen molar-refractivity contribution in [3.63, 3.8) is 0 Å². The van der Waals surface area contributed by atoms with Crippen molar-refractivity contribution >= 4 is 6.16 Å².